The molecule has 13 heteroatoms. The third kappa shape index (κ3) is 7.10. The number of benzene rings is 2. The average Bonchev–Trinajstić information content (AvgIpc) is 2.96. The van der Waals surface area contributed by atoms with Crippen molar-refractivity contribution in [1.82, 2.24) is 20.6 Å². The average molecular weight is 561 g/mol. The maximum atomic E-state index is 14.7. The Bertz CT molecular complexity index is 1420. The van der Waals surface area contributed by atoms with Crippen LogP contribution >= 0.6 is 0 Å². The van der Waals surface area contributed by atoms with Gasteiger partial charge in [0.25, 0.3) is 11.5 Å². The molecule has 0 saturated carbocycles. The summed E-state index contributed by atoms with van der Waals surface area (Å²) in [6.45, 7) is 0.335. The molecule has 1 aromatic heterocycles. The van der Waals surface area contributed by atoms with Gasteiger partial charge in [-0.15, -0.1) is 0 Å². The van der Waals surface area contributed by atoms with Crippen LogP contribution in [0.5, 0.6) is 11.5 Å². The van der Waals surface area contributed by atoms with Gasteiger partial charge in [-0.05, 0) is 55.0 Å². The number of hydrogen-bond donors (Lipinski definition) is 4. The summed E-state index contributed by atoms with van der Waals surface area (Å²) in [5, 5.41) is 13.8. The summed E-state index contributed by atoms with van der Waals surface area (Å²) < 4.78 is 44.6. The number of fused-ring (bicyclic) bond motifs is 1. The lowest BCUT2D eigenvalue weighted by Gasteiger charge is -2.29. The van der Waals surface area contributed by atoms with Gasteiger partial charge in [0, 0.05) is 19.7 Å². The molecule has 1 saturated heterocycles. The number of H-pyrrole nitrogens is 1. The zero-order chi connectivity index (χ0) is 28.6. The van der Waals surface area contributed by atoms with E-state index in [2.05, 4.69) is 20.6 Å². The third-order valence-corrected chi connectivity index (χ3v) is 6.57. The fraction of sp³-hybridized carbons (Fsp3) is 0.407. The van der Waals surface area contributed by atoms with E-state index in [9.17, 15) is 23.2 Å². The quantitative estimate of drug-likeness (QED) is 0.277. The number of aromatic amines is 1. The Labute approximate surface area is 227 Å². The Kier molecular flexibility index (Phi) is 9.61. The molecule has 2 amide bonds. The summed E-state index contributed by atoms with van der Waals surface area (Å²) >= 11 is 0. The van der Waals surface area contributed by atoms with Gasteiger partial charge in [0.15, 0.2) is 29.0 Å². The Balaban J connectivity index is 1.36. The summed E-state index contributed by atoms with van der Waals surface area (Å²) in [7, 11) is 1.33. The monoisotopic (exact) mass is 560 g/mol. The molecule has 4 rings (SSSR count). The summed E-state index contributed by atoms with van der Waals surface area (Å²) in [6.07, 6.45) is 1.93. The largest absolute Gasteiger partial charge is 0.494 e. The lowest BCUT2D eigenvalue weighted by Crippen LogP contribution is -2.38. The maximum absolute atomic E-state index is 14.7. The fourth-order valence-electron chi connectivity index (χ4n) is 4.37. The number of nitrogens with one attached hydrogen (secondary N) is 3. The molecule has 2 unspecified atom stereocenters. The van der Waals surface area contributed by atoms with Crippen LogP contribution in [0.4, 0.5) is 8.78 Å². The van der Waals surface area contributed by atoms with Gasteiger partial charge in [0.05, 0.1) is 25.3 Å². The highest BCUT2D eigenvalue weighted by Crippen LogP contribution is 2.27. The van der Waals surface area contributed by atoms with Crippen molar-refractivity contribution < 1.29 is 37.7 Å². The summed E-state index contributed by atoms with van der Waals surface area (Å²) in [6, 6.07) is 6.55. The second kappa shape index (κ2) is 13.3. The SMILES string of the molecule is COc1cc(CNC(=O)c2nc3ccc(F)c(OCCC4CCC(CNC(=O)CO)OC4)c3c(=O)[nH]2)ccc1F. The molecular weight excluding hydrogens is 530 g/mol. The van der Waals surface area contributed by atoms with Crippen LogP contribution < -0.4 is 25.7 Å². The van der Waals surface area contributed by atoms with E-state index >= 15 is 0 Å². The second-order valence-electron chi connectivity index (χ2n) is 9.33. The van der Waals surface area contributed by atoms with Crippen molar-refractivity contribution >= 4 is 22.7 Å². The smallest absolute Gasteiger partial charge is 0.287 e. The van der Waals surface area contributed by atoms with Gasteiger partial charge in [-0.2, -0.15) is 0 Å². The number of carbonyl (C=O) groups excluding carboxylic acids is 2. The first-order valence-electron chi connectivity index (χ1n) is 12.7. The molecule has 1 aliphatic heterocycles. The second-order valence-corrected chi connectivity index (χ2v) is 9.33. The zero-order valence-corrected chi connectivity index (χ0v) is 21.8. The molecule has 214 valence electrons. The van der Waals surface area contributed by atoms with Crippen molar-refractivity contribution in [3.05, 3.63) is 63.7 Å². The van der Waals surface area contributed by atoms with Crippen molar-refractivity contribution in [2.24, 2.45) is 5.92 Å². The topological polar surface area (TPSA) is 152 Å². The summed E-state index contributed by atoms with van der Waals surface area (Å²) in [5.41, 5.74) is -0.0794. The van der Waals surface area contributed by atoms with Crippen LogP contribution in [0, 0.1) is 17.6 Å². The first-order valence-corrected chi connectivity index (χ1v) is 12.7. The van der Waals surface area contributed by atoms with E-state index < -0.39 is 35.6 Å². The Morgan fingerprint density at radius 3 is 2.70 bits per heavy atom. The highest BCUT2D eigenvalue weighted by molar-refractivity contribution is 5.93. The van der Waals surface area contributed by atoms with Crippen LogP contribution in [-0.4, -0.2) is 66.5 Å². The van der Waals surface area contributed by atoms with Crippen LogP contribution in [0.15, 0.2) is 35.1 Å². The molecule has 40 heavy (non-hydrogen) atoms. The standard InChI is InChI=1S/C27H30F2N4O7/c1-38-21-10-16(3-5-18(21)28)11-31-27(37)25-32-20-7-6-19(29)24(23(20)26(36)33-25)39-9-8-15-2-4-17(40-14-15)12-30-22(35)13-34/h3,5-7,10,15,17,34H,2,4,8-9,11-14H2,1H3,(H,30,35)(H,31,37)(H,32,33,36). The number of aliphatic hydroxyl groups excluding tert-OH is 1. The highest BCUT2D eigenvalue weighted by Gasteiger charge is 2.23. The van der Waals surface area contributed by atoms with Gasteiger partial charge in [-0.25, -0.2) is 13.8 Å². The molecule has 2 aromatic carbocycles. The van der Waals surface area contributed by atoms with Gasteiger partial charge in [0.2, 0.25) is 5.91 Å². The number of rotatable bonds is 11. The predicted molar refractivity (Wildman–Crippen MR) is 139 cm³/mol. The first kappa shape index (κ1) is 28.9. The zero-order valence-electron chi connectivity index (χ0n) is 21.8. The van der Waals surface area contributed by atoms with E-state index in [-0.39, 0.29) is 53.4 Å². The Hall–Kier alpha value is -4.10. The van der Waals surface area contributed by atoms with Crippen LogP contribution in [0.25, 0.3) is 10.9 Å². The van der Waals surface area contributed by atoms with Gasteiger partial charge < -0.3 is 34.9 Å². The Morgan fingerprint density at radius 1 is 1.18 bits per heavy atom. The lowest BCUT2D eigenvalue weighted by molar-refractivity contribution is -0.124. The summed E-state index contributed by atoms with van der Waals surface area (Å²) in [5.74, 6) is -2.75. The number of carbonyl (C=O) groups is 2. The molecule has 1 fully saturated rings. The minimum Gasteiger partial charge on any atom is -0.494 e. The minimum atomic E-state index is -0.734. The molecule has 0 aliphatic carbocycles. The lowest BCUT2D eigenvalue weighted by atomic mass is 9.95. The molecule has 0 radical (unpaired) electrons. The van der Waals surface area contributed by atoms with Crippen molar-refractivity contribution in [3.8, 4) is 11.5 Å². The predicted octanol–water partition coefficient (Wildman–Crippen LogP) is 1.81. The van der Waals surface area contributed by atoms with Crippen molar-refractivity contribution in [2.45, 2.75) is 31.9 Å². The summed E-state index contributed by atoms with van der Waals surface area (Å²) in [4.78, 5) is 43.2. The van der Waals surface area contributed by atoms with E-state index in [0.717, 1.165) is 12.5 Å². The number of halogens is 2. The molecule has 2 atom stereocenters. The van der Waals surface area contributed by atoms with Crippen LogP contribution in [0.3, 0.4) is 0 Å². The normalized spacial score (nSPS) is 16.9. The molecule has 0 spiro atoms. The van der Waals surface area contributed by atoms with E-state index in [1.54, 1.807) is 0 Å². The van der Waals surface area contributed by atoms with Crippen molar-refractivity contribution in [3.63, 3.8) is 0 Å². The maximum Gasteiger partial charge on any atom is 0.287 e. The Morgan fingerprint density at radius 2 is 1.98 bits per heavy atom. The van der Waals surface area contributed by atoms with Crippen LogP contribution in [-0.2, 0) is 16.1 Å². The number of aromatic nitrogens is 2. The molecule has 0 bridgehead atoms. The van der Waals surface area contributed by atoms with Crippen molar-refractivity contribution in [2.75, 3.05) is 33.5 Å². The molecule has 2 heterocycles. The number of aliphatic hydroxyl groups is 1. The molecule has 1 aliphatic rings. The van der Waals surface area contributed by atoms with Crippen LogP contribution in [0.2, 0.25) is 0 Å². The number of nitrogens with zero attached hydrogens (tertiary/aromatic N) is 1. The van der Waals surface area contributed by atoms with Gasteiger partial charge in [0.1, 0.15) is 12.0 Å². The van der Waals surface area contributed by atoms with Crippen LogP contribution in [0.1, 0.15) is 35.4 Å². The molecule has 11 nitrogen and oxygen atoms in total. The van der Waals surface area contributed by atoms with Gasteiger partial charge >= 0.3 is 0 Å². The number of methoxy groups -OCH3 is 1. The molecule has 3 aromatic rings. The van der Waals surface area contributed by atoms with E-state index in [0.29, 0.717) is 31.6 Å². The number of amides is 2. The van der Waals surface area contributed by atoms with Crippen molar-refractivity contribution in [1.29, 1.82) is 0 Å². The van der Waals surface area contributed by atoms with E-state index in [4.69, 9.17) is 19.3 Å². The first-order chi connectivity index (χ1) is 19.3. The van der Waals surface area contributed by atoms with Gasteiger partial charge in [-0.3, -0.25) is 14.4 Å². The number of ether oxygens (including phenoxy) is 3. The molecule has 4 N–H and O–H groups in total. The van der Waals surface area contributed by atoms with E-state index in [1.165, 1.54) is 31.4 Å². The third-order valence-electron chi connectivity index (χ3n) is 6.57. The fourth-order valence-corrected chi connectivity index (χ4v) is 4.37. The van der Waals surface area contributed by atoms with E-state index in [1.807, 2.05) is 0 Å². The number of hydrogen-bond acceptors (Lipinski definition) is 8. The van der Waals surface area contributed by atoms with Gasteiger partial charge in [-0.1, -0.05) is 6.07 Å². The molecular formula is C27H30F2N4O7. The highest BCUT2D eigenvalue weighted by atomic mass is 19.1. The minimum absolute atomic E-state index is 0.0257.